The largest absolute Gasteiger partial charge is 0.301 e. The van der Waals surface area contributed by atoms with Crippen LogP contribution in [0.2, 0.25) is 0 Å². The van der Waals surface area contributed by atoms with Crippen LogP contribution in [0.1, 0.15) is 57.8 Å². The van der Waals surface area contributed by atoms with Crippen LogP contribution in [-0.2, 0) is 6.54 Å². The van der Waals surface area contributed by atoms with Gasteiger partial charge in [0.1, 0.15) is 5.82 Å². The smallest absolute Gasteiger partial charge is 0.261 e. The Kier molecular flexibility index (Phi) is 6.29. The fraction of sp³-hybridized carbons (Fsp3) is 0.481. The molecule has 1 atom stereocenters. The third-order valence-corrected chi connectivity index (χ3v) is 6.57. The lowest BCUT2D eigenvalue weighted by Gasteiger charge is -2.36. The van der Waals surface area contributed by atoms with Crippen LogP contribution < -0.4 is 5.56 Å². The van der Waals surface area contributed by atoms with Gasteiger partial charge >= 0.3 is 0 Å². The molecule has 4 heteroatoms. The number of aromatic nitrogens is 2. The normalized spacial score (nSPS) is 17.7. The lowest BCUT2D eigenvalue weighted by Crippen LogP contribution is -2.42. The monoisotopic (exact) mass is 417 g/mol. The minimum Gasteiger partial charge on any atom is -0.301 e. The molecule has 0 unspecified atom stereocenters. The first kappa shape index (κ1) is 21.8. The van der Waals surface area contributed by atoms with Crippen LogP contribution in [0.3, 0.4) is 0 Å². The lowest BCUT2D eigenvalue weighted by molar-refractivity contribution is 0.129. The molecular weight excluding hydrogens is 382 g/mol. The van der Waals surface area contributed by atoms with E-state index in [0.717, 1.165) is 47.5 Å². The average Bonchev–Trinajstić information content (AvgIpc) is 2.75. The van der Waals surface area contributed by atoms with Gasteiger partial charge in [0.05, 0.1) is 10.9 Å². The Morgan fingerprint density at radius 2 is 1.84 bits per heavy atom. The Morgan fingerprint density at radius 3 is 2.55 bits per heavy atom. The van der Waals surface area contributed by atoms with E-state index in [1.807, 2.05) is 16.7 Å². The molecule has 1 aromatic heterocycles. The Labute approximate surface area is 185 Å². The molecule has 1 aliphatic heterocycles. The van der Waals surface area contributed by atoms with Crippen molar-refractivity contribution in [2.75, 3.05) is 13.1 Å². The molecular formula is C27H35N3O. The second-order valence-corrected chi connectivity index (χ2v) is 9.74. The molecule has 1 saturated heterocycles. The van der Waals surface area contributed by atoms with Crippen LogP contribution >= 0.6 is 0 Å². The summed E-state index contributed by atoms with van der Waals surface area (Å²) in [6.07, 6.45) is 2.38. The Bertz CT molecular complexity index is 1130. The first-order chi connectivity index (χ1) is 14.8. The summed E-state index contributed by atoms with van der Waals surface area (Å²) in [6.45, 7) is 13.9. The Hall–Kier alpha value is -2.46. The molecule has 0 spiro atoms. The van der Waals surface area contributed by atoms with E-state index in [1.165, 1.54) is 18.4 Å². The zero-order valence-corrected chi connectivity index (χ0v) is 19.6. The van der Waals surface area contributed by atoms with Crippen LogP contribution in [0.15, 0.2) is 47.3 Å². The Balaban J connectivity index is 1.77. The molecule has 0 saturated carbocycles. The van der Waals surface area contributed by atoms with E-state index in [1.54, 1.807) is 0 Å². The molecule has 2 heterocycles. The third kappa shape index (κ3) is 4.59. The van der Waals surface area contributed by atoms with Crippen LogP contribution in [-0.4, -0.2) is 33.6 Å². The Morgan fingerprint density at radius 1 is 1.06 bits per heavy atom. The molecule has 1 aliphatic rings. The summed E-state index contributed by atoms with van der Waals surface area (Å²) in [5.74, 6) is 1.60. The molecule has 0 radical (unpaired) electrons. The maximum atomic E-state index is 13.7. The van der Waals surface area contributed by atoms with Gasteiger partial charge in [-0.1, -0.05) is 49.7 Å². The highest BCUT2D eigenvalue weighted by atomic mass is 16.1. The first-order valence-corrected chi connectivity index (χ1v) is 11.7. The van der Waals surface area contributed by atoms with Crippen molar-refractivity contribution >= 4 is 10.9 Å². The molecule has 4 rings (SSSR count). The quantitative estimate of drug-likeness (QED) is 0.541. The van der Waals surface area contributed by atoms with Gasteiger partial charge in [-0.2, -0.15) is 0 Å². The van der Waals surface area contributed by atoms with Gasteiger partial charge in [-0.15, -0.1) is 0 Å². The van der Waals surface area contributed by atoms with Gasteiger partial charge in [0.15, 0.2) is 0 Å². The van der Waals surface area contributed by atoms with Crippen molar-refractivity contribution in [2.24, 2.45) is 5.92 Å². The van der Waals surface area contributed by atoms with Crippen molar-refractivity contribution in [1.82, 2.24) is 14.5 Å². The molecule has 2 aromatic carbocycles. The first-order valence-electron chi connectivity index (χ1n) is 11.7. The highest BCUT2D eigenvalue weighted by Crippen LogP contribution is 2.26. The van der Waals surface area contributed by atoms with Gasteiger partial charge < -0.3 is 4.90 Å². The lowest BCUT2D eigenvalue weighted by atomic mass is 9.96. The summed E-state index contributed by atoms with van der Waals surface area (Å²) >= 11 is 0. The summed E-state index contributed by atoms with van der Waals surface area (Å²) in [5, 5.41) is 0.722. The maximum absolute atomic E-state index is 13.7. The highest BCUT2D eigenvalue weighted by molar-refractivity contribution is 5.84. The van der Waals surface area contributed by atoms with Crippen LogP contribution in [0.25, 0.3) is 22.0 Å². The van der Waals surface area contributed by atoms with Crippen molar-refractivity contribution in [2.45, 2.75) is 66.0 Å². The third-order valence-electron chi connectivity index (χ3n) is 6.57. The molecule has 0 amide bonds. The van der Waals surface area contributed by atoms with E-state index >= 15 is 0 Å². The molecule has 164 valence electrons. The van der Waals surface area contributed by atoms with Gasteiger partial charge in [-0.05, 0) is 69.3 Å². The van der Waals surface area contributed by atoms with Crippen LogP contribution in [0, 0.1) is 12.8 Å². The predicted molar refractivity (Wildman–Crippen MR) is 130 cm³/mol. The van der Waals surface area contributed by atoms with E-state index in [9.17, 15) is 4.79 Å². The van der Waals surface area contributed by atoms with E-state index < -0.39 is 0 Å². The fourth-order valence-corrected chi connectivity index (χ4v) is 4.83. The molecule has 0 N–H and O–H groups in total. The zero-order valence-electron chi connectivity index (χ0n) is 19.6. The van der Waals surface area contributed by atoms with Crippen molar-refractivity contribution in [1.29, 1.82) is 0 Å². The number of piperidine rings is 1. The second kappa shape index (κ2) is 8.96. The number of fused-ring (bicyclic) bond motifs is 1. The van der Waals surface area contributed by atoms with E-state index in [2.05, 4.69) is 69.9 Å². The molecule has 1 fully saturated rings. The van der Waals surface area contributed by atoms with Gasteiger partial charge in [-0.3, -0.25) is 9.36 Å². The van der Waals surface area contributed by atoms with E-state index in [-0.39, 0.29) is 11.5 Å². The van der Waals surface area contributed by atoms with Gasteiger partial charge in [0, 0.05) is 25.0 Å². The minimum absolute atomic E-state index is 0.102. The van der Waals surface area contributed by atoms with E-state index in [0.29, 0.717) is 12.0 Å². The van der Waals surface area contributed by atoms with Crippen LogP contribution in [0.5, 0.6) is 0 Å². The predicted octanol–water partition coefficient (Wildman–Crippen LogP) is 5.62. The zero-order chi connectivity index (χ0) is 22.1. The van der Waals surface area contributed by atoms with Crippen LogP contribution in [0.4, 0.5) is 0 Å². The summed E-state index contributed by atoms with van der Waals surface area (Å²) in [7, 11) is 0. The topological polar surface area (TPSA) is 38.1 Å². The van der Waals surface area contributed by atoms with E-state index in [4.69, 9.17) is 4.98 Å². The average molecular weight is 418 g/mol. The van der Waals surface area contributed by atoms with Crippen molar-refractivity contribution in [3.05, 3.63) is 64.2 Å². The second-order valence-electron chi connectivity index (χ2n) is 9.74. The molecule has 0 aliphatic carbocycles. The van der Waals surface area contributed by atoms with Crippen molar-refractivity contribution in [3.8, 4) is 11.1 Å². The van der Waals surface area contributed by atoms with Crippen molar-refractivity contribution in [3.63, 3.8) is 0 Å². The molecule has 4 nitrogen and oxygen atoms in total. The number of likely N-dealkylation sites (tertiary alicyclic amines) is 1. The summed E-state index contributed by atoms with van der Waals surface area (Å²) in [6, 6.07) is 15.1. The highest BCUT2D eigenvalue weighted by Gasteiger charge is 2.24. The molecule has 31 heavy (non-hydrogen) atoms. The van der Waals surface area contributed by atoms with Gasteiger partial charge in [0.25, 0.3) is 5.56 Å². The molecule has 3 aromatic rings. The maximum Gasteiger partial charge on any atom is 0.261 e. The number of benzene rings is 2. The number of aryl methyl sites for hydroxylation is 1. The minimum atomic E-state index is 0.102. The van der Waals surface area contributed by atoms with Gasteiger partial charge in [0.2, 0.25) is 0 Å². The van der Waals surface area contributed by atoms with Gasteiger partial charge in [-0.25, -0.2) is 4.98 Å². The fourth-order valence-electron chi connectivity index (χ4n) is 4.83. The molecule has 0 bridgehead atoms. The summed E-state index contributed by atoms with van der Waals surface area (Å²) in [4.78, 5) is 21.2. The SMILES string of the molecule is Cc1cccc(-c2ccc3nc(C(C)C)n(C[C@H]4CCCN(C(C)C)C4)c(=O)c3c2)c1. The number of hydrogen-bond acceptors (Lipinski definition) is 3. The number of nitrogens with zero attached hydrogens (tertiary/aromatic N) is 3. The number of hydrogen-bond donors (Lipinski definition) is 0. The summed E-state index contributed by atoms with van der Waals surface area (Å²) in [5.41, 5.74) is 4.33. The van der Waals surface area contributed by atoms with Crippen molar-refractivity contribution < 1.29 is 0 Å². The summed E-state index contributed by atoms with van der Waals surface area (Å²) < 4.78 is 1.97. The standard InChI is InChI=1S/C27H35N3O/c1-18(2)26-28-25-12-11-23(22-10-6-8-20(5)14-22)15-24(25)27(31)30(26)17-21-9-7-13-29(16-21)19(3)4/h6,8,10-12,14-15,18-19,21H,7,9,13,16-17H2,1-5H3/t21-/m0/s1. The number of rotatable bonds is 5.